The van der Waals surface area contributed by atoms with E-state index in [4.69, 9.17) is 4.74 Å². The Morgan fingerprint density at radius 2 is 1.91 bits per heavy atom. The van der Waals surface area contributed by atoms with Gasteiger partial charge in [-0.25, -0.2) is 0 Å². The number of carbonyl (C=O) groups excluding carboxylic acids is 3. The Hall–Kier alpha value is -2.97. The van der Waals surface area contributed by atoms with Gasteiger partial charge in [-0.05, 0) is 25.3 Å². The van der Waals surface area contributed by atoms with E-state index in [-0.39, 0.29) is 24.3 Å². The van der Waals surface area contributed by atoms with Gasteiger partial charge in [0.15, 0.2) is 0 Å². The fourth-order valence-electron chi connectivity index (χ4n) is 6.12. The number of likely N-dealkylation sites (N-methyl/N-ethyl adjacent to an activating group) is 1. The maximum atomic E-state index is 14.2. The minimum atomic E-state index is -1.09. The van der Waals surface area contributed by atoms with Crippen molar-refractivity contribution in [3.05, 3.63) is 61.2 Å². The predicted molar refractivity (Wildman–Crippen MR) is 131 cm³/mol. The first-order valence-corrected chi connectivity index (χ1v) is 12.2. The molecule has 188 valence electrons. The van der Waals surface area contributed by atoms with Crippen molar-refractivity contribution in [3.8, 4) is 0 Å². The molecule has 35 heavy (non-hydrogen) atoms. The van der Waals surface area contributed by atoms with Crippen LogP contribution in [0.25, 0.3) is 0 Å². The van der Waals surface area contributed by atoms with Gasteiger partial charge in [0, 0.05) is 26.7 Å². The molecule has 1 N–H and O–H groups in total. The van der Waals surface area contributed by atoms with Gasteiger partial charge in [0.05, 0.1) is 30.6 Å². The normalized spacial score (nSPS) is 29.6. The molecular formula is C27H35N3O5. The molecule has 0 aliphatic carbocycles. The summed E-state index contributed by atoms with van der Waals surface area (Å²) in [6.45, 7) is 9.96. The van der Waals surface area contributed by atoms with E-state index in [1.165, 1.54) is 4.90 Å². The molecule has 0 radical (unpaired) electrons. The summed E-state index contributed by atoms with van der Waals surface area (Å²) in [7, 11) is 1.69. The van der Waals surface area contributed by atoms with Crippen molar-refractivity contribution in [1.29, 1.82) is 0 Å². The van der Waals surface area contributed by atoms with Gasteiger partial charge in [-0.15, -0.1) is 13.2 Å². The Bertz CT molecular complexity index is 998. The molecule has 3 aliphatic rings. The topological polar surface area (TPSA) is 90.4 Å². The van der Waals surface area contributed by atoms with Gasteiger partial charge in [0.1, 0.15) is 11.6 Å². The summed E-state index contributed by atoms with van der Waals surface area (Å²) in [4.78, 5) is 46.1. The SMILES string of the molecule is C=CCN(C)C(=O)[C@@H]1[C@H]2C(=O)N([C@H](C)CO)C(C(=O)N(CC=C)Cc3ccccc3)C23CC[C@H]1O3. The minimum absolute atomic E-state index is 0.174. The van der Waals surface area contributed by atoms with Crippen molar-refractivity contribution >= 4 is 17.7 Å². The molecule has 4 rings (SSSR count). The van der Waals surface area contributed by atoms with Gasteiger partial charge in [0.25, 0.3) is 0 Å². The molecule has 3 fully saturated rings. The van der Waals surface area contributed by atoms with Gasteiger partial charge in [-0.2, -0.15) is 0 Å². The molecule has 2 bridgehead atoms. The van der Waals surface area contributed by atoms with Crippen LogP contribution in [0, 0.1) is 11.8 Å². The zero-order valence-electron chi connectivity index (χ0n) is 20.5. The highest BCUT2D eigenvalue weighted by Gasteiger charge is 2.75. The van der Waals surface area contributed by atoms with Crippen LogP contribution in [0.1, 0.15) is 25.3 Å². The lowest BCUT2D eigenvalue weighted by Gasteiger charge is -2.38. The number of amides is 3. The third-order valence-electron chi connectivity index (χ3n) is 7.65. The first-order valence-electron chi connectivity index (χ1n) is 12.2. The Labute approximate surface area is 206 Å². The summed E-state index contributed by atoms with van der Waals surface area (Å²) in [6, 6.07) is 8.12. The fraction of sp³-hybridized carbons (Fsp3) is 0.519. The van der Waals surface area contributed by atoms with Crippen LogP contribution in [-0.2, 0) is 25.7 Å². The first kappa shape index (κ1) is 25.1. The molecule has 3 aliphatic heterocycles. The van der Waals surface area contributed by atoms with E-state index < -0.39 is 35.6 Å². The summed E-state index contributed by atoms with van der Waals surface area (Å²) in [6.07, 6.45) is 4.01. The minimum Gasteiger partial charge on any atom is -0.394 e. The van der Waals surface area contributed by atoms with Gasteiger partial charge in [0.2, 0.25) is 17.7 Å². The Kier molecular flexibility index (Phi) is 7.15. The monoisotopic (exact) mass is 481 g/mol. The molecule has 1 spiro atoms. The van der Waals surface area contributed by atoms with Crippen molar-refractivity contribution in [3.63, 3.8) is 0 Å². The van der Waals surface area contributed by atoms with E-state index >= 15 is 0 Å². The summed E-state index contributed by atoms with van der Waals surface area (Å²) in [5.74, 6) is -2.14. The first-order chi connectivity index (χ1) is 16.8. The lowest BCUT2D eigenvalue weighted by atomic mass is 9.70. The number of aliphatic hydroxyl groups excluding tert-OH is 1. The molecule has 2 unspecified atom stereocenters. The molecule has 3 amide bonds. The third kappa shape index (κ3) is 4.08. The zero-order chi connectivity index (χ0) is 25.3. The lowest BCUT2D eigenvalue weighted by Crippen LogP contribution is -2.58. The Morgan fingerprint density at radius 3 is 2.54 bits per heavy atom. The summed E-state index contributed by atoms with van der Waals surface area (Å²) < 4.78 is 6.46. The highest BCUT2D eigenvalue weighted by Crippen LogP contribution is 2.59. The number of likely N-dealkylation sites (tertiary alicyclic amines) is 1. The van der Waals surface area contributed by atoms with Crippen LogP contribution in [0.4, 0.5) is 0 Å². The maximum absolute atomic E-state index is 14.2. The van der Waals surface area contributed by atoms with E-state index in [1.807, 2.05) is 30.3 Å². The number of benzene rings is 1. The number of fused-ring (bicyclic) bond motifs is 1. The van der Waals surface area contributed by atoms with Crippen molar-refractivity contribution in [1.82, 2.24) is 14.7 Å². The van der Waals surface area contributed by atoms with Crippen molar-refractivity contribution < 1.29 is 24.2 Å². The van der Waals surface area contributed by atoms with Gasteiger partial charge >= 0.3 is 0 Å². The van der Waals surface area contributed by atoms with E-state index in [0.29, 0.717) is 32.5 Å². The smallest absolute Gasteiger partial charge is 0.249 e. The molecule has 8 nitrogen and oxygen atoms in total. The van der Waals surface area contributed by atoms with Crippen molar-refractivity contribution in [2.75, 3.05) is 26.7 Å². The van der Waals surface area contributed by atoms with Gasteiger partial charge in [-0.3, -0.25) is 14.4 Å². The highest BCUT2D eigenvalue weighted by atomic mass is 16.5. The number of aliphatic hydroxyl groups is 1. The van der Waals surface area contributed by atoms with Crippen molar-refractivity contribution in [2.45, 2.75) is 50.1 Å². The average molecular weight is 482 g/mol. The molecule has 8 heteroatoms. The third-order valence-corrected chi connectivity index (χ3v) is 7.65. The second kappa shape index (κ2) is 9.95. The van der Waals surface area contributed by atoms with Crippen LogP contribution in [0.3, 0.4) is 0 Å². The van der Waals surface area contributed by atoms with Crippen LogP contribution >= 0.6 is 0 Å². The van der Waals surface area contributed by atoms with E-state index in [2.05, 4.69) is 13.2 Å². The molecule has 1 aromatic carbocycles. The average Bonchev–Trinajstić information content (AvgIpc) is 3.50. The molecule has 3 heterocycles. The van der Waals surface area contributed by atoms with E-state index in [0.717, 1.165) is 5.56 Å². The predicted octanol–water partition coefficient (Wildman–Crippen LogP) is 1.60. The van der Waals surface area contributed by atoms with E-state index in [1.54, 1.807) is 35.9 Å². The summed E-state index contributed by atoms with van der Waals surface area (Å²) in [5.41, 5.74) is -0.133. The van der Waals surface area contributed by atoms with Crippen LogP contribution in [-0.4, -0.2) is 88.1 Å². The number of hydrogen-bond donors (Lipinski definition) is 1. The number of ether oxygens (including phenoxy) is 1. The summed E-state index contributed by atoms with van der Waals surface area (Å²) >= 11 is 0. The second-order valence-electron chi connectivity index (χ2n) is 9.83. The van der Waals surface area contributed by atoms with E-state index in [9.17, 15) is 19.5 Å². The number of rotatable bonds is 10. The largest absolute Gasteiger partial charge is 0.394 e. The molecular weight excluding hydrogens is 446 g/mol. The molecule has 0 aromatic heterocycles. The van der Waals surface area contributed by atoms with Crippen LogP contribution in [0.2, 0.25) is 0 Å². The molecule has 6 atom stereocenters. The number of carbonyl (C=O) groups is 3. The highest BCUT2D eigenvalue weighted by molar-refractivity contribution is 5.99. The quantitative estimate of drug-likeness (QED) is 0.513. The van der Waals surface area contributed by atoms with Crippen LogP contribution < -0.4 is 0 Å². The second-order valence-corrected chi connectivity index (χ2v) is 9.83. The molecule has 3 saturated heterocycles. The standard InChI is InChI=1S/C27H35N3O5/c1-5-14-28(4)24(32)21-20-12-13-27(35-20)22(21)25(33)30(18(3)17-31)23(27)26(34)29(15-6-2)16-19-10-8-7-9-11-19/h5-11,18,20-23,31H,1-2,12-17H2,3-4H3/t18-,20-,21+,22+,23?,27?/m1/s1. The molecule has 0 saturated carbocycles. The van der Waals surface area contributed by atoms with Crippen LogP contribution in [0.15, 0.2) is 55.6 Å². The van der Waals surface area contributed by atoms with Crippen molar-refractivity contribution in [2.24, 2.45) is 11.8 Å². The number of nitrogens with zero attached hydrogens (tertiary/aromatic N) is 3. The Balaban J connectivity index is 1.73. The maximum Gasteiger partial charge on any atom is 0.249 e. The van der Waals surface area contributed by atoms with Gasteiger partial charge < -0.3 is 24.5 Å². The van der Waals surface area contributed by atoms with Crippen LogP contribution in [0.5, 0.6) is 0 Å². The fourth-order valence-corrected chi connectivity index (χ4v) is 6.12. The summed E-state index contributed by atoms with van der Waals surface area (Å²) in [5, 5.41) is 9.99. The lowest BCUT2D eigenvalue weighted by molar-refractivity contribution is -0.151. The number of hydrogen-bond acceptors (Lipinski definition) is 5. The van der Waals surface area contributed by atoms with Gasteiger partial charge in [-0.1, -0.05) is 42.5 Å². The molecule has 1 aromatic rings. The Morgan fingerprint density at radius 1 is 1.23 bits per heavy atom. The zero-order valence-corrected chi connectivity index (χ0v) is 20.5.